The van der Waals surface area contributed by atoms with Gasteiger partial charge in [-0.05, 0) is 52.0 Å². The number of carbonyl (C=O) groups is 1. The van der Waals surface area contributed by atoms with Crippen molar-refractivity contribution in [3.8, 4) is 11.5 Å². The van der Waals surface area contributed by atoms with Gasteiger partial charge in [-0.2, -0.15) is 0 Å². The highest BCUT2D eigenvalue weighted by atomic mass is 35.5. The molecule has 0 atom stereocenters. The van der Waals surface area contributed by atoms with Gasteiger partial charge in [0.05, 0.1) is 12.3 Å². The molecule has 0 amide bonds. The fourth-order valence-electron chi connectivity index (χ4n) is 1.89. The van der Waals surface area contributed by atoms with Crippen molar-refractivity contribution in [2.45, 2.75) is 39.9 Å². The molecule has 0 aliphatic heterocycles. The second kappa shape index (κ2) is 7.15. The highest BCUT2D eigenvalue weighted by Crippen LogP contribution is 2.25. The number of hydrogen-bond donors (Lipinski definition) is 0. The molecule has 0 radical (unpaired) electrons. The van der Waals surface area contributed by atoms with Gasteiger partial charge in [0.2, 0.25) is 5.89 Å². The Hall–Kier alpha value is -1.85. The number of aromatic nitrogens is 1. The average Bonchev–Trinajstić information content (AvgIpc) is 2.87. The molecule has 1 aromatic heterocycles. The Balaban J connectivity index is 2.10. The molecule has 0 N–H and O–H groups in total. The summed E-state index contributed by atoms with van der Waals surface area (Å²) in [6, 6.07) is 7.22. The van der Waals surface area contributed by atoms with E-state index in [0.29, 0.717) is 23.3 Å². The summed E-state index contributed by atoms with van der Waals surface area (Å²) >= 11 is 5.88. The SMILES string of the molecule is CCOC(=O)C(C)(C)OCc1oc(-c2ccc(Cl)cc2)nc1C. The number of ether oxygens (including phenoxy) is 2. The molecule has 0 aliphatic rings. The van der Waals surface area contributed by atoms with Gasteiger partial charge in [-0.1, -0.05) is 11.6 Å². The zero-order chi connectivity index (χ0) is 17.0. The molecule has 0 saturated heterocycles. The lowest BCUT2D eigenvalue weighted by Gasteiger charge is -2.22. The van der Waals surface area contributed by atoms with Gasteiger partial charge in [0.1, 0.15) is 6.61 Å². The first-order valence-electron chi connectivity index (χ1n) is 7.37. The van der Waals surface area contributed by atoms with Crippen LogP contribution in [0.4, 0.5) is 0 Å². The zero-order valence-electron chi connectivity index (χ0n) is 13.7. The molecule has 0 spiro atoms. The molecule has 0 bridgehead atoms. The molecule has 0 saturated carbocycles. The number of nitrogens with zero attached hydrogens (tertiary/aromatic N) is 1. The van der Waals surface area contributed by atoms with E-state index < -0.39 is 11.6 Å². The van der Waals surface area contributed by atoms with Crippen LogP contribution in [0.5, 0.6) is 0 Å². The number of oxazole rings is 1. The minimum Gasteiger partial charge on any atom is -0.464 e. The Morgan fingerprint density at radius 1 is 1.30 bits per heavy atom. The van der Waals surface area contributed by atoms with Crippen molar-refractivity contribution in [3.63, 3.8) is 0 Å². The lowest BCUT2D eigenvalue weighted by Crippen LogP contribution is -2.36. The summed E-state index contributed by atoms with van der Waals surface area (Å²) in [6.45, 7) is 7.37. The van der Waals surface area contributed by atoms with Crippen molar-refractivity contribution in [3.05, 3.63) is 40.7 Å². The first-order valence-corrected chi connectivity index (χ1v) is 7.74. The predicted molar refractivity (Wildman–Crippen MR) is 87.2 cm³/mol. The molecule has 0 fully saturated rings. The Morgan fingerprint density at radius 3 is 2.57 bits per heavy atom. The first kappa shape index (κ1) is 17.5. The second-order valence-electron chi connectivity index (χ2n) is 5.55. The number of benzene rings is 1. The quantitative estimate of drug-likeness (QED) is 0.740. The van der Waals surface area contributed by atoms with E-state index in [1.54, 1.807) is 32.9 Å². The first-order chi connectivity index (χ1) is 10.8. The van der Waals surface area contributed by atoms with Crippen LogP contribution in [-0.4, -0.2) is 23.2 Å². The van der Waals surface area contributed by atoms with Crippen molar-refractivity contribution in [2.24, 2.45) is 0 Å². The summed E-state index contributed by atoms with van der Waals surface area (Å²) in [5, 5.41) is 0.650. The number of hydrogen-bond acceptors (Lipinski definition) is 5. The van der Waals surface area contributed by atoms with Crippen molar-refractivity contribution in [1.82, 2.24) is 4.98 Å². The molecule has 6 heteroatoms. The third-order valence-corrected chi connectivity index (χ3v) is 3.57. The summed E-state index contributed by atoms with van der Waals surface area (Å²) in [6.07, 6.45) is 0. The normalized spacial score (nSPS) is 11.5. The second-order valence-corrected chi connectivity index (χ2v) is 5.99. The number of halogens is 1. The monoisotopic (exact) mass is 337 g/mol. The van der Waals surface area contributed by atoms with Crippen LogP contribution in [-0.2, 0) is 20.9 Å². The van der Waals surface area contributed by atoms with Gasteiger partial charge in [0, 0.05) is 10.6 Å². The molecular formula is C17H20ClNO4. The predicted octanol–water partition coefficient (Wildman–Crippen LogP) is 4.16. The van der Waals surface area contributed by atoms with Gasteiger partial charge in [-0.25, -0.2) is 9.78 Å². The standard InChI is InChI=1S/C17H20ClNO4/c1-5-21-16(20)17(3,4)22-10-14-11(2)19-15(23-14)12-6-8-13(18)9-7-12/h6-9H,5,10H2,1-4H3. The maximum Gasteiger partial charge on any atom is 0.337 e. The highest BCUT2D eigenvalue weighted by Gasteiger charge is 2.31. The summed E-state index contributed by atoms with van der Waals surface area (Å²) in [5.74, 6) is 0.661. The molecule has 2 aromatic rings. The van der Waals surface area contributed by atoms with Crippen molar-refractivity contribution in [1.29, 1.82) is 0 Å². The van der Waals surface area contributed by atoms with E-state index in [2.05, 4.69) is 4.98 Å². The van der Waals surface area contributed by atoms with Crippen molar-refractivity contribution >= 4 is 17.6 Å². The molecular weight excluding hydrogens is 318 g/mol. The number of aryl methyl sites for hydroxylation is 1. The Labute approximate surface area is 140 Å². The number of esters is 1. The van der Waals surface area contributed by atoms with Crippen molar-refractivity contribution < 1.29 is 18.7 Å². The summed E-state index contributed by atoms with van der Waals surface area (Å²) < 4.78 is 16.4. The van der Waals surface area contributed by atoms with Gasteiger partial charge < -0.3 is 13.9 Å². The van der Waals surface area contributed by atoms with Crippen LogP contribution in [0.3, 0.4) is 0 Å². The van der Waals surface area contributed by atoms with Gasteiger partial charge >= 0.3 is 5.97 Å². The van der Waals surface area contributed by atoms with Crippen LogP contribution in [0.1, 0.15) is 32.2 Å². The highest BCUT2D eigenvalue weighted by molar-refractivity contribution is 6.30. The van der Waals surface area contributed by atoms with E-state index in [9.17, 15) is 4.79 Å². The molecule has 1 aromatic carbocycles. The van der Waals surface area contributed by atoms with Gasteiger partial charge in [-0.15, -0.1) is 0 Å². The smallest absolute Gasteiger partial charge is 0.337 e. The van der Waals surface area contributed by atoms with Gasteiger partial charge in [0.25, 0.3) is 0 Å². The van der Waals surface area contributed by atoms with E-state index in [1.165, 1.54) is 0 Å². The Kier molecular flexibility index (Phi) is 5.44. The van der Waals surface area contributed by atoms with E-state index in [1.807, 2.05) is 19.1 Å². The van der Waals surface area contributed by atoms with Crippen LogP contribution in [0.15, 0.2) is 28.7 Å². The summed E-state index contributed by atoms with van der Waals surface area (Å²) in [5.41, 5.74) is 0.498. The molecule has 124 valence electrons. The van der Waals surface area contributed by atoms with Crippen LogP contribution >= 0.6 is 11.6 Å². The maximum atomic E-state index is 11.8. The lowest BCUT2D eigenvalue weighted by atomic mass is 10.1. The van der Waals surface area contributed by atoms with Crippen LogP contribution in [0.25, 0.3) is 11.5 Å². The molecule has 1 heterocycles. The minimum atomic E-state index is -1.05. The average molecular weight is 338 g/mol. The number of rotatable bonds is 6. The van der Waals surface area contributed by atoms with Crippen LogP contribution in [0.2, 0.25) is 5.02 Å². The van der Waals surface area contributed by atoms with Crippen LogP contribution < -0.4 is 0 Å². The van der Waals surface area contributed by atoms with Crippen molar-refractivity contribution in [2.75, 3.05) is 6.61 Å². The summed E-state index contributed by atoms with van der Waals surface area (Å²) in [7, 11) is 0. The zero-order valence-corrected chi connectivity index (χ0v) is 14.4. The molecule has 0 aliphatic carbocycles. The Morgan fingerprint density at radius 2 is 1.96 bits per heavy atom. The van der Waals surface area contributed by atoms with Gasteiger partial charge in [-0.3, -0.25) is 0 Å². The van der Waals surface area contributed by atoms with Gasteiger partial charge in [0.15, 0.2) is 11.4 Å². The van der Waals surface area contributed by atoms with E-state index >= 15 is 0 Å². The molecule has 5 nitrogen and oxygen atoms in total. The lowest BCUT2D eigenvalue weighted by molar-refractivity contribution is -0.169. The Bertz CT molecular complexity index is 676. The fourth-order valence-corrected chi connectivity index (χ4v) is 2.01. The third kappa shape index (κ3) is 4.33. The van der Waals surface area contributed by atoms with E-state index in [4.69, 9.17) is 25.5 Å². The molecule has 0 unspecified atom stereocenters. The molecule has 23 heavy (non-hydrogen) atoms. The largest absolute Gasteiger partial charge is 0.464 e. The molecule has 2 rings (SSSR count). The van der Waals surface area contributed by atoms with E-state index in [-0.39, 0.29) is 6.61 Å². The van der Waals surface area contributed by atoms with E-state index in [0.717, 1.165) is 11.3 Å². The third-order valence-electron chi connectivity index (χ3n) is 3.31. The fraction of sp³-hybridized carbons (Fsp3) is 0.412. The number of carbonyl (C=O) groups excluding carboxylic acids is 1. The maximum absolute atomic E-state index is 11.8. The van der Waals surface area contributed by atoms with Crippen LogP contribution in [0, 0.1) is 6.92 Å². The topological polar surface area (TPSA) is 61.6 Å². The summed E-state index contributed by atoms with van der Waals surface area (Å²) in [4.78, 5) is 16.2. The minimum absolute atomic E-state index is 0.137.